The van der Waals surface area contributed by atoms with Crippen molar-refractivity contribution in [3.05, 3.63) is 70.7 Å². The second-order valence-electron chi connectivity index (χ2n) is 6.63. The molecule has 0 saturated carbocycles. The van der Waals surface area contributed by atoms with Gasteiger partial charge in [0, 0.05) is 30.5 Å². The van der Waals surface area contributed by atoms with E-state index in [4.69, 9.17) is 23.2 Å². The number of sulfonamides is 1. The van der Waals surface area contributed by atoms with E-state index in [-0.39, 0.29) is 21.3 Å². The van der Waals surface area contributed by atoms with Gasteiger partial charge in [0.1, 0.15) is 5.69 Å². The lowest BCUT2D eigenvalue weighted by Gasteiger charge is -2.25. The second kappa shape index (κ2) is 10.2. The molecule has 3 aromatic rings. The molecule has 3 rings (SSSR count). The van der Waals surface area contributed by atoms with E-state index in [2.05, 4.69) is 20.0 Å². The smallest absolute Gasteiger partial charge is 0.275 e. The maximum Gasteiger partial charge on any atom is 0.275 e. The van der Waals surface area contributed by atoms with E-state index in [1.165, 1.54) is 42.9 Å². The molecule has 32 heavy (non-hydrogen) atoms. The molecule has 168 valence electrons. The monoisotopic (exact) mass is 493 g/mol. The van der Waals surface area contributed by atoms with Gasteiger partial charge in [0.25, 0.3) is 15.9 Å². The summed E-state index contributed by atoms with van der Waals surface area (Å²) in [5, 5.41) is 3.29. The first-order chi connectivity index (χ1) is 15.2. The molecular weight excluding hydrogens is 473 g/mol. The first-order valence-electron chi connectivity index (χ1n) is 9.69. The number of carbonyl (C=O) groups is 1. The lowest BCUT2D eigenvalue weighted by molar-refractivity contribution is 0.102. The van der Waals surface area contributed by atoms with Gasteiger partial charge in [-0.3, -0.25) is 14.5 Å². The van der Waals surface area contributed by atoms with Crippen LogP contribution in [0.4, 0.5) is 17.1 Å². The van der Waals surface area contributed by atoms with Crippen molar-refractivity contribution in [2.45, 2.75) is 18.7 Å². The molecule has 8 nitrogen and oxygen atoms in total. The zero-order chi connectivity index (χ0) is 23.3. The highest BCUT2D eigenvalue weighted by Gasteiger charge is 2.21. The van der Waals surface area contributed by atoms with E-state index in [9.17, 15) is 13.2 Å². The molecule has 0 spiro atoms. The summed E-state index contributed by atoms with van der Waals surface area (Å²) >= 11 is 12.1. The largest absolute Gasteiger partial charge is 0.370 e. The van der Waals surface area contributed by atoms with Gasteiger partial charge in [-0.2, -0.15) is 0 Å². The Kier molecular flexibility index (Phi) is 7.55. The number of anilines is 3. The molecule has 0 bridgehead atoms. The summed E-state index contributed by atoms with van der Waals surface area (Å²) in [4.78, 5) is 22.5. The molecular formula is C21H21Cl2N5O3S. The van der Waals surface area contributed by atoms with Crippen LogP contribution in [0.1, 0.15) is 24.3 Å². The van der Waals surface area contributed by atoms with Crippen LogP contribution in [-0.2, 0) is 10.0 Å². The minimum atomic E-state index is -4.02. The summed E-state index contributed by atoms with van der Waals surface area (Å²) in [6.07, 6.45) is 4.19. The van der Waals surface area contributed by atoms with Gasteiger partial charge >= 0.3 is 0 Å². The van der Waals surface area contributed by atoms with Crippen molar-refractivity contribution in [3.63, 3.8) is 0 Å². The summed E-state index contributed by atoms with van der Waals surface area (Å²) in [6, 6.07) is 8.98. The molecule has 0 unspecified atom stereocenters. The average Bonchev–Trinajstić information content (AvgIpc) is 2.78. The highest BCUT2D eigenvalue weighted by molar-refractivity contribution is 7.92. The number of aromatic nitrogens is 2. The highest BCUT2D eigenvalue weighted by atomic mass is 35.5. The van der Waals surface area contributed by atoms with Crippen LogP contribution in [0.2, 0.25) is 10.0 Å². The molecule has 0 radical (unpaired) electrons. The Morgan fingerprint density at radius 2 is 1.78 bits per heavy atom. The van der Waals surface area contributed by atoms with Crippen molar-refractivity contribution in [1.82, 2.24) is 9.97 Å². The quantitative estimate of drug-likeness (QED) is 0.471. The third kappa shape index (κ3) is 5.48. The van der Waals surface area contributed by atoms with Crippen molar-refractivity contribution in [1.29, 1.82) is 0 Å². The standard InChI is InChI=1S/C21H21Cl2N5O3S/c1-3-28(4-2)20-8-6-15(12-18(20)26-21(29)19-13-24-9-10-25-19)32(30,31)27-17-11-14(22)5-7-16(17)23/h5-13,27H,3-4H2,1-2H3,(H,26,29). The molecule has 0 aliphatic rings. The zero-order valence-electron chi connectivity index (χ0n) is 17.3. The molecule has 1 aromatic heterocycles. The van der Waals surface area contributed by atoms with Gasteiger partial charge in [-0.05, 0) is 50.2 Å². The number of hydrogen-bond donors (Lipinski definition) is 2. The number of amides is 1. The van der Waals surface area contributed by atoms with E-state index in [0.717, 1.165) is 0 Å². The predicted octanol–water partition coefficient (Wildman–Crippen LogP) is 4.68. The Hall–Kier alpha value is -2.88. The summed E-state index contributed by atoms with van der Waals surface area (Å²) in [5.74, 6) is -0.508. The fourth-order valence-electron chi connectivity index (χ4n) is 3.00. The maximum atomic E-state index is 13.0. The van der Waals surface area contributed by atoms with E-state index >= 15 is 0 Å². The summed E-state index contributed by atoms with van der Waals surface area (Å²) in [6.45, 7) is 5.25. The Morgan fingerprint density at radius 3 is 2.44 bits per heavy atom. The molecule has 0 aliphatic heterocycles. The molecule has 2 aromatic carbocycles. The van der Waals surface area contributed by atoms with Gasteiger partial charge in [0.2, 0.25) is 0 Å². The topological polar surface area (TPSA) is 104 Å². The number of hydrogen-bond acceptors (Lipinski definition) is 6. The van der Waals surface area contributed by atoms with Crippen molar-refractivity contribution in [2.75, 3.05) is 28.0 Å². The number of nitrogens with one attached hydrogen (secondary N) is 2. The minimum absolute atomic E-state index is 0.0566. The van der Waals surface area contributed by atoms with E-state index < -0.39 is 15.9 Å². The van der Waals surface area contributed by atoms with Crippen molar-refractivity contribution < 1.29 is 13.2 Å². The van der Waals surface area contributed by atoms with Gasteiger partial charge in [0.05, 0.1) is 33.2 Å². The number of rotatable bonds is 8. The Balaban J connectivity index is 2.01. The van der Waals surface area contributed by atoms with Gasteiger partial charge in [0.15, 0.2) is 0 Å². The first-order valence-corrected chi connectivity index (χ1v) is 11.9. The molecule has 1 amide bonds. The number of halogens is 2. The van der Waals surface area contributed by atoms with Crippen LogP contribution < -0.4 is 14.9 Å². The van der Waals surface area contributed by atoms with Crippen molar-refractivity contribution in [3.8, 4) is 0 Å². The van der Waals surface area contributed by atoms with Crippen LogP contribution in [-0.4, -0.2) is 37.4 Å². The lowest BCUT2D eigenvalue weighted by atomic mass is 10.2. The Morgan fingerprint density at radius 1 is 1.03 bits per heavy atom. The van der Waals surface area contributed by atoms with Crippen molar-refractivity contribution >= 4 is 56.2 Å². The number of benzene rings is 2. The highest BCUT2D eigenvalue weighted by Crippen LogP contribution is 2.32. The Bertz CT molecular complexity index is 1220. The lowest BCUT2D eigenvalue weighted by Crippen LogP contribution is -2.25. The van der Waals surface area contributed by atoms with Gasteiger partial charge in [-0.1, -0.05) is 23.2 Å². The fourth-order valence-corrected chi connectivity index (χ4v) is 4.49. The van der Waals surface area contributed by atoms with Crippen LogP contribution >= 0.6 is 23.2 Å². The fraction of sp³-hybridized carbons (Fsp3) is 0.190. The number of carbonyl (C=O) groups excluding carboxylic acids is 1. The molecule has 0 atom stereocenters. The molecule has 11 heteroatoms. The third-order valence-corrected chi connectivity index (χ3v) is 6.53. The summed E-state index contributed by atoms with van der Waals surface area (Å²) in [7, 11) is -4.02. The number of nitrogens with zero attached hydrogens (tertiary/aromatic N) is 3. The average molecular weight is 494 g/mol. The van der Waals surface area contributed by atoms with E-state index in [1.807, 2.05) is 18.7 Å². The molecule has 0 fully saturated rings. The van der Waals surface area contributed by atoms with Gasteiger partial charge in [-0.25, -0.2) is 13.4 Å². The van der Waals surface area contributed by atoms with Crippen LogP contribution in [0.3, 0.4) is 0 Å². The molecule has 2 N–H and O–H groups in total. The Labute approximate surface area is 196 Å². The molecule has 0 aliphatic carbocycles. The zero-order valence-corrected chi connectivity index (χ0v) is 19.7. The van der Waals surface area contributed by atoms with E-state index in [0.29, 0.717) is 29.5 Å². The molecule has 1 heterocycles. The van der Waals surface area contributed by atoms with Gasteiger partial charge < -0.3 is 10.2 Å². The van der Waals surface area contributed by atoms with Crippen LogP contribution in [0, 0.1) is 0 Å². The summed E-state index contributed by atoms with van der Waals surface area (Å²) < 4.78 is 28.5. The van der Waals surface area contributed by atoms with E-state index in [1.54, 1.807) is 12.1 Å². The normalized spacial score (nSPS) is 11.1. The SMILES string of the molecule is CCN(CC)c1ccc(S(=O)(=O)Nc2cc(Cl)ccc2Cl)cc1NC(=O)c1cnccn1. The first kappa shape index (κ1) is 23.8. The van der Waals surface area contributed by atoms with Gasteiger partial charge in [-0.15, -0.1) is 0 Å². The van der Waals surface area contributed by atoms with Crippen LogP contribution in [0.5, 0.6) is 0 Å². The third-order valence-electron chi connectivity index (χ3n) is 4.60. The van der Waals surface area contributed by atoms with Crippen LogP contribution in [0.15, 0.2) is 59.9 Å². The summed E-state index contributed by atoms with van der Waals surface area (Å²) in [5.41, 5.74) is 1.25. The minimum Gasteiger partial charge on any atom is -0.370 e. The molecule has 0 saturated heterocycles. The van der Waals surface area contributed by atoms with Crippen molar-refractivity contribution in [2.24, 2.45) is 0 Å². The second-order valence-corrected chi connectivity index (χ2v) is 9.15. The van der Waals surface area contributed by atoms with Crippen LogP contribution in [0.25, 0.3) is 0 Å². The maximum absolute atomic E-state index is 13.0. The predicted molar refractivity (Wildman–Crippen MR) is 127 cm³/mol.